The molecule has 7 heteroatoms. The van der Waals surface area contributed by atoms with Crippen LogP contribution in [0.15, 0.2) is 17.6 Å². The van der Waals surface area contributed by atoms with Gasteiger partial charge in [-0.2, -0.15) is 0 Å². The van der Waals surface area contributed by atoms with E-state index in [1.54, 1.807) is 11.3 Å². The van der Waals surface area contributed by atoms with Crippen LogP contribution in [0.4, 0.5) is 0 Å². The van der Waals surface area contributed by atoms with E-state index in [-0.39, 0.29) is 5.91 Å². The molecule has 1 aliphatic heterocycles. The summed E-state index contributed by atoms with van der Waals surface area (Å²) in [5.41, 5.74) is 0.369. The first-order valence-corrected chi connectivity index (χ1v) is 8.60. The van der Waals surface area contributed by atoms with Crippen molar-refractivity contribution in [1.29, 1.82) is 0 Å². The molecule has 0 radical (unpaired) electrons. The van der Waals surface area contributed by atoms with Crippen LogP contribution in [0.25, 0.3) is 15.3 Å². The number of hydrogen-bond acceptors (Lipinski definition) is 5. The molecule has 3 aromatic heterocycles. The number of aromatic nitrogens is 2. The second-order valence-electron chi connectivity index (χ2n) is 5.76. The van der Waals surface area contributed by atoms with Crippen molar-refractivity contribution in [2.45, 2.75) is 25.4 Å². The average molecular weight is 321 g/mol. The Morgan fingerprint density at radius 1 is 1.43 bits per heavy atom. The van der Waals surface area contributed by atoms with Crippen LogP contribution in [-0.2, 0) is 0 Å². The van der Waals surface area contributed by atoms with Gasteiger partial charge in [0.25, 0.3) is 5.91 Å². The number of imidazole rings is 1. The van der Waals surface area contributed by atoms with Crippen LogP contribution in [0, 0.1) is 0 Å². The van der Waals surface area contributed by atoms with Crippen LogP contribution in [0.1, 0.15) is 29.4 Å². The van der Waals surface area contributed by atoms with E-state index in [0.29, 0.717) is 25.9 Å². The number of amides is 1. The summed E-state index contributed by atoms with van der Waals surface area (Å²) >= 11 is 3.05. The molecule has 0 saturated carbocycles. The van der Waals surface area contributed by atoms with Gasteiger partial charge in [-0.3, -0.25) is 9.20 Å². The maximum absolute atomic E-state index is 12.6. The van der Waals surface area contributed by atoms with Gasteiger partial charge in [-0.05, 0) is 25.8 Å². The van der Waals surface area contributed by atoms with E-state index >= 15 is 0 Å². The van der Waals surface area contributed by atoms with Gasteiger partial charge in [-0.25, -0.2) is 4.98 Å². The van der Waals surface area contributed by atoms with Crippen molar-refractivity contribution in [3.05, 3.63) is 22.5 Å². The smallest absolute Gasteiger partial charge is 0.264 e. The monoisotopic (exact) mass is 321 g/mol. The van der Waals surface area contributed by atoms with E-state index in [0.717, 1.165) is 20.2 Å². The zero-order valence-corrected chi connectivity index (χ0v) is 13.2. The second-order valence-corrected chi connectivity index (χ2v) is 7.66. The van der Waals surface area contributed by atoms with Gasteiger partial charge in [-0.1, -0.05) is 0 Å². The standard InChI is InChI=1S/C14H15N3O2S2/c1-14(19)2-4-16(5-3-14)12(18)10-8-9-11(21-10)15-13-17(9)6-7-20-13/h6-8,19H,2-5H2,1H3. The van der Waals surface area contributed by atoms with Crippen LogP contribution in [0.2, 0.25) is 0 Å². The van der Waals surface area contributed by atoms with Crippen molar-refractivity contribution in [3.8, 4) is 0 Å². The molecule has 1 saturated heterocycles. The Morgan fingerprint density at radius 2 is 2.19 bits per heavy atom. The highest BCUT2D eigenvalue weighted by Crippen LogP contribution is 2.30. The van der Waals surface area contributed by atoms with Crippen LogP contribution >= 0.6 is 22.7 Å². The lowest BCUT2D eigenvalue weighted by atomic mass is 9.94. The Bertz CT molecular complexity index is 820. The van der Waals surface area contributed by atoms with Gasteiger partial charge in [-0.15, -0.1) is 22.7 Å². The summed E-state index contributed by atoms with van der Waals surface area (Å²) in [6.45, 7) is 3.06. The zero-order valence-electron chi connectivity index (χ0n) is 11.6. The van der Waals surface area contributed by atoms with Gasteiger partial charge in [0.15, 0.2) is 4.96 Å². The first-order chi connectivity index (χ1) is 10.0. The maximum atomic E-state index is 12.6. The van der Waals surface area contributed by atoms with Gasteiger partial charge in [0.2, 0.25) is 0 Å². The number of aliphatic hydroxyl groups is 1. The fourth-order valence-corrected chi connectivity index (χ4v) is 4.47. The average Bonchev–Trinajstić information content (AvgIpc) is 3.08. The first kappa shape index (κ1) is 13.2. The largest absolute Gasteiger partial charge is 0.390 e. The number of thiazole rings is 1. The number of hydrogen-bond donors (Lipinski definition) is 1. The predicted molar refractivity (Wildman–Crippen MR) is 84.2 cm³/mol. The number of thiophene rings is 1. The third-order valence-electron chi connectivity index (χ3n) is 4.08. The van der Waals surface area contributed by atoms with Crippen LogP contribution in [0.5, 0.6) is 0 Å². The van der Waals surface area contributed by atoms with E-state index in [4.69, 9.17) is 0 Å². The molecule has 0 aromatic carbocycles. The zero-order chi connectivity index (χ0) is 14.6. The Hall–Kier alpha value is -1.44. The topological polar surface area (TPSA) is 57.8 Å². The lowest BCUT2D eigenvalue weighted by molar-refractivity contribution is -0.00188. The van der Waals surface area contributed by atoms with Crippen LogP contribution in [0.3, 0.4) is 0 Å². The third kappa shape index (κ3) is 2.16. The lowest BCUT2D eigenvalue weighted by Gasteiger charge is -2.35. The van der Waals surface area contributed by atoms with Crippen molar-refractivity contribution in [2.24, 2.45) is 0 Å². The molecule has 0 spiro atoms. The predicted octanol–water partition coefficient (Wildman–Crippen LogP) is 2.60. The van der Waals surface area contributed by atoms with Gasteiger partial charge in [0.1, 0.15) is 4.83 Å². The van der Waals surface area contributed by atoms with Gasteiger partial charge in [0, 0.05) is 24.7 Å². The van der Waals surface area contributed by atoms with Gasteiger partial charge < -0.3 is 10.0 Å². The Kier molecular flexibility index (Phi) is 2.85. The fourth-order valence-electron chi connectivity index (χ4n) is 2.70. The summed E-state index contributed by atoms with van der Waals surface area (Å²) in [6, 6.07) is 1.93. The van der Waals surface area contributed by atoms with E-state index in [9.17, 15) is 9.90 Å². The van der Waals surface area contributed by atoms with Crippen molar-refractivity contribution < 1.29 is 9.90 Å². The Labute approximate surface area is 129 Å². The lowest BCUT2D eigenvalue weighted by Crippen LogP contribution is -2.44. The van der Waals surface area contributed by atoms with E-state index in [1.165, 1.54) is 11.3 Å². The molecule has 3 aromatic rings. The highest BCUT2D eigenvalue weighted by molar-refractivity contribution is 7.21. The number of likely N-dealkylation sites (tertiary alicyclic amines) is 1. The van der Waals surface area contributed by atoms with E-state index in [2.05, 4.69) is 4.98 Å². The molecule has 0 aliphatic carbocycles. The van der Waals surface area contributed by atoms with Crippen molar-refractivity contribution in [3.63, 3.8) is 0 Å². The molecule has 4 rings (SSSR count). The van der Waals surface area contributed by atoms with E-state index < -0.39 is 5.60 Å². The number of carbonyl (C=O) groups is 1. The SMILES string of the molecule is CC1(O)CCN(C(=O)c2cc3c(nc4sccn43)s2)CC1. The van der Waals surface area contributed by atoms with E-state index in [1.807, 2.05) is 33.9 Å². The van der Waals surface area contributed by atoms with Crippen LogP contribution in [-0.4, -0.2) is 44.0 Å². The van der Waals surface area contributed by atoms with Gasteiger partial charge >= 0.3 is 0 Å². The maximum Gasteiger partial charge on any atom is 0.264 e. The highest BCUT2D eigenvalue weighted by atomic mass is 32.1. The molecule has 5 nitrogen and oxygen atoms in total. The molecule has 21 heavy (non-hydrogen) atoms. The molecule has 110 valence electrons. The fraction of sp³-hybridized carbons (Fsp3) is 0.429. The molecule has 1 aliphatic rings. The Balaban J connectivity index is 1.63. The quantitative estimate of drug-likeness (QED) is 0.749. The number of nitrogens with zero attached hydrogens (tertiary/aromatic N) is 3. The van der Waals surface area contributed by atoms with Crippen molar-refractivity contribution in [1.82, 2.24) is 14.3 Å². The highest BCUT2D eigenvalue weighted by Gasteiger charge is 2.30. The molecular weight excluding hydrogens is 306 g/mol. The molecule has 0 unspecified atom stereocenters. The first-order valence-electron chi connectivity index (χ1n) is 6.90. The molecular formula is C14H15N3O2S2. The summed E-state index contributed by atoms with van der Waals surface area (Å²) < 4.78 is 2.02. The summed E-state index contributed by atoms with van der Waals surface area (Å²) in [7, 11) is 0. The van der Waals surface area contributed by atoms with Gasteiger partial charge in [0.05, 0.1) is 16.0 Å². The molecule has 4 heterocycles. The molecule has 0 bridgehead atoms. The molecule has 1 N–H and O–H groups in total. The summed E-state index contributed by atoms with van der Waals surface area (Å²) in [6.07, 6.45) is 3.25. The summed E-state index contributed by atoms with van der Waals surface area (Å²) in [4.78, 5) is 21.5. The second kappa shape index (κ2) is 4.53. The molecule has 1 fully saturated rings. The number of rotatable bonds is 1. The minimum atomic E-state index is -0.634. The van der Waals surface area contributed by atoms with Crippen molar-refractivity contribution in [2.75, 3.05) is 13.1 Å². The van der Waals surface area contributed by atoms with Crippen LogP contribution < -0.4 is 0 Å². The summed E-state index contributed by atoms with van der Waals surface area (Å²) in [5, 5.41) is 12.0. The summed E-state index contributed by atoms with van der Waals surface area (Å²) in [5.74, 6) is 0.0532. The number of fused-ring (bicyclic) bond motifs is 3. The number of carbonyl (C=O) groups excluding carboxylic acids is 1. The normalized spacial score (nSPS) is 18.7. The minimum Gasteiger partial charge on any atom is -0.390 e. The number of piperidine rings is 1. The van der Waals surface area contributed by atoms with Crippen molar-refractivity contribution >= 4 is 43.9 Å². The Morgan fingerprint density at radius 3 is 2.95 bits per heavy atom. The molecule has 0 atom stereocenters. The minimum absolute atomic E-state index is 0.0532. The molecule has 1 amide bonds. The third-order valence-corrected chi connectivity index (χ3v) is 5.84.